The molecule has 2 aromatic carbocycles. The van der Waals surface area contributed by atoms with Crippen LogP contribution < -0.4 is 0 Å². The Morgan fingerprint density at radius 2 is 2.00 bits per heavy atom. The van der Waals surface area contributed by atoms with E-state index in [9.17, 15) is 14.0 Å². The smallest absolute Gasteiger partial charge is 0.275 e. The Morgan fingerprint density at radius 3 is 2.83 bits per heavy atom. The van der Waals surface area contributed by atoms with E-state index in [1.807, 2.05) is 24.3 Å². The first kappa shape index (κ1) is 17.6. The van der Waals surface area contributed by atoms with E-state index in [-0.39, 0.29) is 24.2 Å². The number of fused-ring (bicyclic) bond motifs is 5. The number of carbonyl (C=O) groups excluding carboxylic acids is 2. The third-order valence-electron chi connectivity index (χ3n) is 5.86. The SMILES string of the molecule is C[C@@]12C(=O)N(/N=C\c3cccc(F)c3)CC(=O)N1CCc1c2[nH]c2ccccc12. The van der Waals surface area contributed by atoms with Crippen LogP contribution in [0.3, 0.4) is 0 Å². The van der Waals surface area contributed by atoms with E-state index in [0.717, 1.165) is 22.2 Å². The lowest BCUT2D eigenvalue weighted by Crippen LogP contribution is -2.65. The number of halogens is 1. The second-order valence-electron chi connectivity index (χ2n) is 7.55. The Bertz CT molecular complexity index is 1180. The van der Waals surface area contributed by atoms with Crippen molar-refractivity contribution in [1.82, 2.24) is 14.9 Å². The molecule has 5 rings (SSSR count). The molecule has 6 nitrogen and oxygen atoms in total. The van der Waals surface area contributed by atoms with Crippen LogP contribution in [0.2, 0.25) is 0 Å². The molecule has 1 fully saturated rings. The monoisotopic (exact) mass is 390 g/mol. The molecule has 0 bridgehead atoms. The van der Waals surface area contributed by atoms with Gasteiger partial charge in [-0.05, 0) is 42.7 Å². The molecule has 0 saturated carbocycles. The number of hydrogen-bond acceptors (Lipinski definition) is 3. The van der Waals surface area contributed by atoms with Crippen LogP contribution in [0.4, 0.5) is 4.39 Å². The quantitative estimate of drug-likeness (QED) is 0.684. The summed E-state index contributed by atoms with van der Waals surface area (Å²) in [5.74, 6) is -0.826. The Morgan fingerprint density at radius 1 is 1.17 bits per heavy atom. The van der Waals surface area contributed by atoms with Crippen LogP contribution in [0, 0.1) is 5.82 Å². The van der Waals surface area contributed by atoms with Crippen molar-refractivity contribution >= 4 is 28.9 Å². The topological polar surface area (TPSA) is 68.8 Å². The molecule has 2 aliphatic rings. The molecule has 2 amide bonds. The zero-order valence-corrected chi connectivity index (χ0v) is 15.9. The Kier molecular flexibility index (Phi) is 3.81. The van der Waals surface area contributed by atoms with Gasteiger partial charge in [-0.25, -0.2) is 9.40 Å². The number of amides is 2. The van der Waals surface area contributed by atoms with Crippen LogP contribution in [0.25, 0.3) is 10.9 Å². The van der Waals surface area contributed by atoms with Crippen molar-refractivity contribution in [2.45, 2.75) is 18.9 Å². The summed E-state index contributed by atoms with van der Waals surface area (Å²) in [6.07, 6.45) is 2.10. The van der Waals surface area contributed by atoms with Gasteiger partial charge in [0.1, 0.15) is 12.4 Å². The van der Waals surface area contributed by atoms with Gasteiger partial charge in [0.2, 0.25) is 5.91 Å². The standard InChI is InChI=1S/C22H19FN4O2/c1-22-20-17(16-7-2-3-8-18(16)25-20)9-10-26(22)19(28)13-27(21(22)29)24-12-14-5-4-6-15(23)11-14/h2-8,11-12,25H,9-10,13H2,1H3/b24-12-/t22-/m1/s1. The summed E-state index contributed by atoms with van der Waals surface area (Å²) in [5, 5.41) is 6.48. The van der Waals surface area contributed by atoms with E-state index in [4.69, 9.17) is 0 Å². The van der Waals surface area contributed by atoms with Gasteiger partial charge >= 0.3 is 0 Å². The average molecular weight is 390 g/mol. The minimum Gasteiger partial charge on any atom is -0.356 e. The molecule has 0 aliphatic carbocycles. The summed E-state index contributed by atoms with van der Waals surface area (Å²) in [5.41, 5.74) is 2.13. The van der Waals surface area contributed by atoms with E-state index in [0.29, 0.717) is 18.5 Å². The fraction of sp³-hybridized carbons (Fsp3) is 0.227. The first-order chi connectivity index (χ1) is 14.0. The minimum atomic E-state index is -1.15. The minimum absolute atomic E-state index is 0.129. The van der Waals surface area contributed by atoms with Gasteiger partial charge < -0.3 is 9.88 Å². The van der Waals surface area contributed by atoms with Crippen LogP contribution in [0.5, 0.6) is 0 Å². The van der Waals surface area contributed by atoms with E-state index in [1.54, 1.807) is 24.0 Å². The summed E-state index contributed by atoms with van der Waals surface area (Å²) in [4.78, 5) is 31.3. The Balaban J connectivity index is 1.57. The Hall–Kier alpha value is -3.48. The lowest BCUT2D eigenvalue weighted by molar-refractivity contribution is -0.165. The number of nitrogens with one attached hydrogen (secondary N) is 1. The van der Waals surface area contributed by atoms with Gasteiger partial charge in [0.05, 0.1) is 11.9 Å². The molecule has 29 heavy (non-hydrogen) atoms. The Labute approximate surface area is 166 Å². The highest BCUT2D eigenvalue weighted by Gasteiger charge is 2.54. The van der Waals surface area contributed by atoms with Crippen molar-refractivity contribution in [3.63, 3.8) is 0 Å². The molecule has 146 valence electrons. The molecule has 3 heterocycles. The predicted octanol–water partition coefficient (Wildman–Crippen LogP) is 2.78. The number of aromatic amines is 1. The molecule has 1 atom stereocenters. The second kappa shape index (κ2) is 6.27. The van der Waals surface area contributed by atoms with Crippen LogP contribution in [0.1, 0.15) is 23.7 Å². The molecule has 0 radical (unpaired) electrons. The number of benzene rings is 2. The van der Waals surface area contributed by atoms with Crippen LogP contribution in [-0.2, 0) is 21.5 Å². The number of nitrogens with zero attached hydrogens (tertiary/aromatic N) is 3. The molecular formula is C22H19FN4O2. The van der Waals surface area contributed by atoms with Gasteiger partial charge in [0.15, 0.2) is 5.54 Å². The molecule has 1 aromatic heterocycles. The predicted molar refractivity (Wildman–Crippen MR) is 107 cm³/mol. The van der Waals surface area contributed by atoms with Gasteiger partial charge in [-0.15, -0.1) is 0 Å². The highest BCUT2D eigenvalue weighted by Crippen LogP contribution is 2.41. The van der Waals surface area contributed by atoms with Crippen LogP contribution >= 0.6 is 0 Å². The third-order valence-corrected chi connectivity index (χ3v) is 5.86. The summed E-state index contributed by atoms with van der Waals surface area (Å²) < 4.78 is 13.4. The summed E-state index contributed by atoms with van der Waals surface area (Å²) in [6, 6.07) is 13.8. The number of H-pyrrole nitrogens is 1. The number of para-hydroxylation sites is 1. The van der Waals surface area contributed by atoms with Crippen molar-refractivity contribution < 1.29 is 14.0 Å². The van der Waals surface area contributed by atoms with Crippen molar-refractivity contribution in [2.24, 2.45) is 5.10 Å². The first-order valence-corrected chi connectivity index (χ1v) is 9.50. The molecule has 0 spiro atoms. The molecule has 1 saturated heterocycles. The van der Waals surface area contributed by atoms with E-state index in [1.165, 1.54) is 23.4 Å². The molecule has 1 N–H and O–H groups in total. The van der Waals surface area contributed by atoms with Crippen molar-refractivity contribution in [3.8, 4) is 0 Å². The molecule has 2 aliphatic heterocycles. The maximum atomic E-state index is 13.5. The zero-order chi connectivity index (χ0) is 20.2. The lowest BCUT2D eigenvalue weighted by atomic mass is 9.83. The van der Waals surface area contributed by atoms with Gasteiger partial charge in [0.25, 0.3) is 5.91 Å². The number of carbonyl (C=O) groups is 2. The number of piperazine rings is 1. The molecule has 0 unspecified atom stereocenters. The van der Waals surface area contributed by atoms with E-state index >= 15 is 0 Å². The average Bonchev–Trinajstić information content (AvgIpc) is 3.10. The first-order valence-electron chi connectivity index (χ1n) is 9.50. The van der Waals surface area contributed by atoms with Crippen molar-refractivity contribution in [1.29, 1.82) is 0 Å². The normalized spacial score (nSPS) is 21.7. The van der Waals surface area contributed by atoms with Crippen LogP contribution in [0.15, 0.2) is 53.6 Å². The van der Waals surface area contributed by atoms with Gasteiger partial charge in [-0.1, -0.05) is 30.3 Å². The maximum Gasteiger partial charge on any atom is 0.275 e. The summed E-state index contributed by atoms with van der Waals surface area (Å²) >= 11 is 0. The van der Waals surface area contributed by atoms with E-state index < -0.39 is 5.54 Å². The molecular weight excluding hydrogens is 371 g/mol. The maximum absolute atomic E-state index is 13.5. The van der Waals surface area contributed by atoms with E-state index in [2.05, 4.69) is 10.1 Å². The van der Waals surface area contributed by atoms with Gasteiger partial charge in [-0.3, -0.25) is 9.59 Å². The lowest BCUT2D eigenvalue weighted by Gasteiger charge is -2.48. The van der Waals surface area contributed by atoms with Crippen molar-refractivity contribution in [2.75, 3.05) is 13.1 Å². The molecule has 7 heteroatoms. The zero-order valence-electron chi connectivity index (χ0n) is 15.9. The number of aromatic nitrogens is 1. The number of rotatable bonds is 2. The summed E-state index contributed by atoms with van der Waals surface area (Å²) in [6.45, 7) is 2.12. The number of hydrogen-bond donors (Lipinski definition) is 1. The van der Waals surface area contributed by atoms with Gasteiger partial charge in [0, 0.05) is 17.4 Å². The molecule has 3 aromatic rings. The second-order valence-corrected chi connectivity index (χ2v) is 7.55. The highest BCUT2D eigenvalue weighted by molar-refractivity contribution is 6.01. The highest BCUT2D eigenvalue weighted by atomic mass is 19.1. The van der Waals surface area contributed by atoms with Crippen LogP contribution in [-0.4, -0.2) is 46.0 Å². The number of hydrazone groups is 1. The third kappa shape index (κ3) is 2.57. The fourth-order valence-electron chi connectivity index (χ4n) is 4.41. The largest absolute Gasteiger partial charge is 0.356 e. The van der Waals surface area contributed by atoms with Crippen molar-refractivity contribution in [3.05, 3.63) is 71.2 Å². The summed E-state index contributed by atoms with van der Waals surface area (Å²) in [7, 11) is 0. The fourth-order valence-corrected chi connectivity index (χ4v) is 4.41. The van der Waals surface area contributed by atoms with Gasteiger partial charge in [-0.2, -0.15) is 5.10 Å².